The minimum Gasteiger partial charge on any atom is -0.497 e. The highest BCUT2D eigenvalue weighted by atomic mass is 32.2. The number of methoxy groups -OCH3 is 1. The van der Waals surface area contributed by atoms with E-state index in [1.54, 1.807) is 31.2 Å². The number of hydrogen-bond acceptors (Lipinski definition) is 5. The third-order valence-corrected chi connectivity index (χ3v) is 6.57. The van der Waals surface area contributed by atoms with Crippen molar-refractivity contribution in [2.45, 2.75) is 44.1 Å². The Labute approximate surface area is 201 Å². The Hall–Kier alpha value is -3.52. The van der Waals surface area contributed by atoms with Crippen molar-refractivity contribution < 1.29 is 22.7 Å². The van der Waals surface area contributed by atoms with E-state index in [9.17, 15) is 13.2 Å². The molecule has 0 bridgehead atoms. The normalized spacial score (nSPS) is 12.5. The van der Waals surface area contributed by atoms with E-state index in [1.165, 1.54) is 36.9 Å². The van der Waals surface area contributed by atoms with E-state index in [1.807, 2.05) is 24.3 Å². The number of nitrogens with one attached hydrogen (secondary N) is 2. The van der Waals surface area contributed by atoms with Crippen LogP contribution in [0.1, 0.15) is 33.3 Å². The first-order valence-corrected chi connectivity index (χ1v) is 12.3. The van der Waals surface area contributed by atoms with Crippen molar-refractivity contribution in [1.29, 1.82) is 0 Å². The summed E-state index contributed by atoms with van der Waals surface area (Å²) in [7, 11) is -2.24. The average molecular weight is 483 g/mol. The van der Waals surface area contributed by atoms with Crippen molar-refractivity contribution in [3.63, 3.8) is 0 Å². The highest BCUT2D eigenvalue weighted by Crippen LogP contribution is 2.25. The highest BCUT2D eigenvalue weighted by molar-refractivity contribution is 7.92. The Morgan fingerprint density at radius 3 is 1.88 bits per heavy atom. The van der Waals surface area contributed by atoms with Gasteiger partial charge in [0.1, 0.15) is 11.5 Å². The van der Waals surface area contributed by atoms with Crippen LogP contribution in [0.25, 0.3) is 0 Å². The molecule has 0 saturated carbocycles. The molecule has 8 heteroatoms. The average Bonchev–Trinajstić information content (AvgIpc) is 2.79. The lowest BCUT2D eigenvalue weighted by Crippen LogP contribution is -2.30. The van der Waals surface area contributed by atoms with E-state index in [2.05, 4.69) is 30.8 Å². The van der Waals surface area contributed by atoms with Gasteiger partial charge in [0.25, 0.3) is 15.9 Å². The second kappa shape index (κ2) is 10.2. The molecule has 34 heavy (non-hydrogen) atoms. The molecule has 2 N–H and O–H groups in total. The SMILES string of the molecule is COc1ccc(NS(=O)(=O)c2ccc(NC(=O)C(C)Oc3ccc(C(C)(C)C)cc3)cc2)cc1. The molecule has 0 spiro atoms. The maximum absolute atomic E-state index is 12.6. The second-order valence-electron chi connectivity index (χ2n) is 8.88. The van der Waals surface area contributed by atoms with Crippen molar-refractivity contribution in [2.24, 2.45) is 0 Å². The highest BCUT2D eigenvalue weighted by Gasteiger charge is 2.18. The molecule has 0 fully saturated rings. The fourth-order valence-electron chi connectivity index (χ4n) is 3.13. The van der Waals surface area contributed by atoms with Crippen molar-refractivity contribution in [3.05, 3.63) is 78.4 Å². The van der Waals surface area contributed by atoms with Crippen LogP contribution in [0.3, 0.4) is 0 Å². The van der Waals surface area contributed by atoms with Gasteiger partial charge >= 0.3 is 0 Å². The van der Waals surface area contributed by atoms with Gasteiger partial charge in [-0.1, -0.05) is 32.9 Å². The quantitative estimate of drug-likeness (QED) is 0.460. The molecule has 1 unspecified atom stereocenters. The van der Waals surface area contributed by atoms with Gasteiger partial charge in [-0.2, -0.15) is 0 Å². The fraction of sp³-hybridized carbons (Fsp3) is 0.269. The molecule has 0 aliphatic heterocycles. The topological polar surface area (TPSA) is 93.7 Å². The van der Waals surface area contributed by atoms with Crippen LogP contribution in [-0.2, 0) is 20.2 Å². The molecule has 1 atom stereocenters. The van der Waals surface area contributed by atoms with Crippen LogP contribution in [0, 0.1) is 0 Å². The van der Waals surface area contributed by atoms with E-state index in [-0.39, 0.29) is 16.2 Å². The van der Waals surface area contributed by atoms with Gasteiger partial charge in [0.05, 0.1) is 12.0 Å². The van der Waals surface area contributed by atoms with Crippen LogP contribution in [0.15, 0.2) is 77.7 Å². The summed E-state index contributed by atoms with van der Waals surface area (Å²) in [5.41, 5.74) is 2.09. The molecule has 3 aromatic rings. The van der Waals surface area contributed by atoms with Crippen molar-refractivity contribution >= 4 is 27.3 Å². The van der Waals surface area contributed by atoms with E-state index in [0.29, 0.717) is 22.9 Å². The van der Waals surface area contributed by atoms with Gasteiger partial charge in [-0.05, 0) is 78.6 Å². The van der Waals surface area contributed by atoms with E-state index >= 15 is 0 Å². The Morgan fingerprint density at radius 2 is 1.35 bits per heavy atom. The predicted octanol–water partition coefficient (Wildman–Crippen LogP) is 5.20. The number of amides is 1. The Kier molecular flexibility index (Phi) is 7.51. The molecule has 3 rings (SSSR count). The summed E-state index contributed by atoms with van der Waals surface area (Å²) >= 11 is 0. The first-order chi connectivity index (χ1) is 16.0. The Balaban J connectivity index is 1.60. The molecule has 180 valence electrons. The molecular formula is C26H30N2O5S. The predicted molar refractivity (Wildman–Crippen MR) is 134 cm³/mol. The zero-order chi connectivity index (χ0) is 24.9. The van der Waals surface area contributed by atoms with Gasteiger partial charge in [0.15, 0.2) is 6.10 Å². The lowest BCUT2D eigenvalue weighted by atomic mass is 9.87. The molecular weight excluding hydrogens is 452 g/mol. The Bertz CT molecular complexity index is 1210. The number of carbonyl (C=O) groups is 1. The number of carbonyl (C=O) groups excluding carboxylic acids is 1. The van der Waals surface area contributed by atoms with Crippen LogP contribution in [0.5, 0.6) is 11.5 Å². The molecule has 0 saturated heterocycles. The van der Waals surface area contributed by atoms with Crippen molar-refractivity contribution in [1.82, 2.24) is 0 Å². The number of sulfonamides is 1. The minimum absolute atomic E-state index is 0.0331. The molecule has 0 aliphatic rings. The molecule has 7 nitrogen and oxygen atoms in total. The first kappa shape index (κ1) is 25.1. The van der Waals surface area contributed by atoms with E-state index < -0.39 is 16.1 Å². The van der Waals surface area contributed by atoms with Crippen LogP contribution >= 0.6 is 0 Å². The summed E-state index contributed by atoms with van der Waals surface area (Å²) in [4.78, 5) is 12.6. The van der Waals surface area contributed by atoms with Gasteiger partial charge in [-0.3, -0.25) is 9.52 Å². The largest absolute Gasteiger partial charge is 0.497 e. The van der Waals surface area contributed by atoms with E-state index in [4.69, 9.17) is 9.47 Å². The zero-order valence-corrected chi connectivity index (χ0v) is 20.8. The maximum atomic E-state index is 12.6. The number of ether oxygens (including phenoxy) is 2. The van der Waals surface area contributed by atoms with Gasteiger partial charge < -0.3 is 14.8 Å². The van der Waals surface area contributed by atoms with Crippen LogP contribution in [-0.4, -0.2) is 27.5 Å². The molecule has 0 radical (unpaired) electrons. The summed E-state index contributed by atoms with van der Waals surface area (Å²) in [6.45, 7) is 8.05. The fourth-order valence-corrected chi connectivity index (χ4v) is 4.18. The monoisotopic (exact) mass is 482 g/mol. The summed E-state index contributed by atoms with van der Waals surface area (Å²) in [6, 6.07) is 20.1. The molecule has 3 aromatic carbocycles. The smallest absolute Gasteiger partial charge is 0.265 e. The van der Waals surface area contributed by atoms with Gasteiger partial charge in [0.2, 0.25) is 0 Å². The molecule has 1 amide bonds. The number of hydrogen-bond donors (Lipinski definition) is 2. The molecule has 0 aromatic heterocycles. The molecule has 0 aliphatic carbocycles. The minimum atomic E-state index is -3.78. The zero-order valence-electron chi connectivity index (χ0n) is 20.0. The van der Waals surface area contributed by atoms with Crippen molar-refractivity contribution in [3.8, 4) is 11.5 Å². The maximum Gasteiger partial charge on any atom is 0.265 e. The standard InChI is InChI=1S/C26H30N2O5S/c1-18(33-23-12-6-19(7-13-23)26(2,3)4)25(29)27-20-10-16-24(17-11-20)34(30,31)28-21-8-14-22(32-5)15-9-21/h6-18,28H,1-5H3,(H,27,29). The number of rotatable bonds is 8. The summed E-state index contributed by atoms with van der Waals surface area (Å²) in [6.07, 6.45) is -0.736. The van der Waals surface area contributed by atoms with Crippen LogP contribution in [0.4, 0.5) is 11.4 Å². The number of anilines is 2. The third kappa shape index (κ3) is 6.51. The van der Waals surface area contributed by atoms with Gasteiger partial charge in [-0.25, -0.2) is 8.42 Å². The van der Waals surface area contributed by atoms with Crippen LogP contribution in [0.2, 0.25) is 0 Å². The lowest BCUT2D eigenvalue weighted by molar-refractivity contribution is -0.122. The van der Waals surface area contributed by atoms with Gasteiger partial charge in [-0.15, -0.1) is 0 Å². The van der Waals surface area contributed by atoms with Crippen LogP contribution < -0.4 is 19.5 Å². The molecule has 0 heterocycles. The summed E-state index contributed by atoms with van der Waals surface area (Å²) in [5, 5.41) is 2.75. The third-order valence-electron chi connectivity index (χ3n) is 5.18. The summed E-state index contributed by atoms with van der Waals surface area (Å²) in [5.74, 6) is 0.886. The van der Waals surface area contributed by atoms with Crippen molar-refractivity contribution in [2.75, 3.05) is 17.1 Å². The van der Waals surface area contributed by atoms with Gasteiger partial charge in [0, 0.05) is 11.4 Å². The first-order valence-electron chi connectivity index (χ1n) is 10.8. The lowest BCUT2D eigenvalue weighted by Gasteiger charge is -2.20. The summed E-state index contributed by atoms with van der Waals surface area (Å²) < 4.78 is 38.6. The number of benzene rings is 3. The second-order valence-corrected chi connectivity index (χ2v) is 10.6. The Morgan fingerprint density at radius 1 is 0.824 bits per heavy atom. The van der Waals surface area contributed by atoms with E-state index in [0.717, 1.165) is 0 Å².